The number of rotatable bonds is 5. The number of hydrogen-bond acceptors (Lipinski definition) is 7. The van der Waals surface area contributed by atoms with Crippen molar-refractivity contribution in [1.29, 1.82) is 0 Å². The molecule has 0 spiro atoms. The van der Waals surface area contributed by atoms with Gasteiger partial charge in [-0.25, -0.2) is 4.98 Å². The number of thiophene rings is 1. The molecule has 6 nitrogen and oxygen atoms in total. The Morgan fingerprint density at radius 1 is 1.21 bits per heavy atom. The number of fused-ring (bicyclic) bond motifs is 3. The van der Waals surface area contributed by atoms with Crippen LogP contribution in [0, 0.1) is 5.92 Å². The van der Waals surface area contributed by atoms with Crippen LogP contribution in [0.4, 0.5) is 0 Å². The number of phenols is 2. The van der Waals surface area contributed by atoms with Crippen molar-refractivity contribution >= 4 is 39.1 Å². The number of aromatic hydroxyl groups is 2. The highest BCUT2D eigenvalue weighted by Gasteiger charge is 2.25. The minimum atomic E-state index is -0.314. The minimum Gasteiger partial charge on any atom is -0.508 e. The number of carbonyl (C=O) groups excluding carboxylic acids is 1. The fourth-order valence-electron chi connectivity index (χ4n) is 4.24. The van der Waals surface area contributed by atoms with E-state index in [1.54, 1.807) is 15.9 Å². The standard InChI is InChI=1S/C25H22N2O4S2/c1-14-7-9-18-21(11-14)33-23-22(18)24(31)27(15-5-3-2-4-6-15)25(26-23)32-13-20(30)17-10-8-16(28)12-19(17)29/h2-6,8,10,12,14,28-29H,7,9,11,13H2,1H3. The number of benzene rings is 2. The van der Waals surface area contributed by atoms with Gasteiger partial charge in [0.25, 0.3) is 5.56 Å². The second-order valence-electron chi connectivity index (χ2n) is 8.32. The highest BCUT2D eigenvalue weighted by atomic mass is 32.2. The fourth-order valence-corrected chi connectivity index (χ4v) is 6.56. The van der Waals surface area contributed by atoms with Gasteiger partial charge in [0.2, 0.25) is 0 Å². The zero-order chi connectivity index (χ0) is 23.1. The van der Waals surface area contributed by atoms with Gasteiger partial charge in [-0.3, -0.25) is 14.2 Å². The Labute approximate surface area is 198 Å². The van der Waals surface area contributed by atoms with Crippen molar-refractivity contribution in [3.63, 3.8) is 0 Å². The Kier molecular flexibility index (Phi) is 5.72. The van der Waals surface area contributed by atoms with E-state index < -0.39 is 0 Å². The number of Topliss-reactive ketones (excluding diaryl/α,β-unsaturated/α-hetero) is 1. The number of nitrogens with zero attached hydrogens (tertiary/aromatic N) is 2. The monoisotopic (exact) mass is 478 g/mol. The van der Waals surface area contributed by atoms with E-state index in [0.29, 0.717) is 27.0 Å². The summed E-state index contributed by atoms with van der Waals surface area (Å²) < 4.78 is 1.59. The molecule has 1 unspecified atom stereocenters. The van der Waals surface area contributed by atoms with Gasteiger partial charge < -0.3 is 10.2 Å². The summed E-state index contributed by atoms with van der Waals surface area (Å²) >= 11 is 2.75. The maximum Gasteiger partial charge on any atom is 0.267 e. The summed E-state index contributed by atoms with van der Waals surface area (Å²) in [6.07, 6.45) is 2.90. The molecule has 1 aliphatic rings. The van der Waals surface area contributed by atoms with E-state index >= 15 is 0 Å². The first-order valence-corrected chi connectivity index (χ1v) is 12.5. The molecule has 2 aromatic carbocycles. The van der Waals surface area contributed by atoms with Crippen LogP contribution >= 0.6 is 23.1 Å². The average Bonchev–Trinajstić information content (AvgIpc) is 3.15. The largest absolute Gasteiger partial charge is 0.508 e. The third-order valence-electron chi connectivity index (χ3n) is 5.93. The summed E-state index contributed by atoms with van der Waals surface area (Å²) in [5.74, 6) is -0.120. The number of thioether (sulfide) groups is 1. The molecule has 0 amide bonds. The average molecular weight is 479 g/mol. The Morgan fingerprint density at radius 2 is 2.00 bits per heavy atom. The van der Waals surface area contributed by atoms with E-state index in [9.17, 15) is 19.8 Å². The lowest BCUT2D eigenvalue weighted by Crippen LogP contribution is -2.23. The molecule has 2 heterocycles. The van der Waals surface area contributed by atoms with Crippen LogP contribution in [0.1, 0.15) is 34.1 Å². The molecule has 2 N–H and O–H groups in total. The summed E-state index contributed by atoms with van der Waals surface area (Å²) in [6.45, 7) is 2.23. The Hall–Kier alpha value is -3.10. The first kappa shape index (κ1) is 21.7. The first-order valence-electron chi connectivity index (χ1n) is 10.7. The molecule has 0 aliphatic heterocycles. The number of phenolic OH excluding ortho intramolecular Hbond substituents is 2. The van der Waals surface area contributed by atoms with Crippen LogP contribution in [-0.4, -0.2) is 31.3 Å². The van der Waals surface area contributed by atoms with Gasteiger partial charge >= 0.3 is 0 Å². The molecule has 0 saturated heterocycles. The van der Waals surface area contributed by atoms with Crippen LogP contribution in [0.15, 0.2) is 58.5 Å². The van der Waals surface area contributed by atoms with Crippen LogP contribution in [0.3, 0.4) is 0 Å². The predicted molar refractivity (Wildman–Crippen MR) is 131 cm³/mol. The zero-order valence-corrected chi connectivity index (χ0v) is 19.6. The van der Waals surface area contributed by atoms with Crippen molar-refractivity contribution in [2.45, 2.75) is 31.3 Å². The van der Waals surface area contributed by atoms with Gasteiger partial charge in [0.15, 0.2) is 10.9 Å². The normalized spacial score (nSPS) is 15.5. The number of para-hydroxylation sites is 1. The third kappa shape index (κ3) is 4.05. The van der Waals surface area contributed by atoms with E-state index in [4.69, 9.17) is 4.98 Å². The lowest BCUT2D eigenvalue weighted by molar-refractivity contribution is 0.102. The van der Waals surface area contributed by atoms with Gasteiger partial charge in [0, 0.05) is 10.9 Å². The molecule has 33 heavy (non-hydrogen) atoms. The predicted octanol–water partition coefficient (Wildman–Crippen LogP) is 4.96. The van der Waals surface area contributed by atoms with Gasteiger partial charge in [-0.15, -0.1) is 11.3 Å². The SMILES string of the molecule is CC1CCc2c(sc3nc(SCC(=O)c4ccc(O)cc4O)n(-c4ccccc4)c(=O)c23)C1. The maximum absolute atomic E-state index is 13.7. The van der Waals surface area contributed by atoms with Gasteiger partial charge in [-0.2, -0.15) is 0 Å². The molecule has 4 aromatic rings. The van der Waals surface area contributed by atoms with E-state index in [-0.39, 0.29) is 34.2 Å². The lowest BCUT2D eigenvalue weighted by atomic mass is 9.89. The Balaban J connectivity index is 1.58. The molecule has 0 bridgehead atoms. The second-order valence-corrected chi connectivity index (χ2v) is 10.3. The molecular weight excluding hydrogens is 456 g/mol. The Morgan fingerprint density at radius 3 is 2.76 bits per heavy atom. The van der Waals surface area contributed by atoms with E-state index in [0.717, 1.165) is 30.9 Å². The molecule has 0 saturated carbocycles. The van der Waals surface area contributed by atoms with Crippen molar-refractivity contribution in [2.75, 3.05) is 5.75 Å². The zero-order valence-electron chi connectivity index (χ0n) is 17.9. The second kappa shape index (κ2) is 8.68. The lowest BCUT2D eigenvalue weighted by Gasteiger charge is -2.17. The van der Waals surface area contributed by atoms with Gasteiger partial charge in [0.1, 0.15) is 16.3 Å². The minimum absolute atomic E-state index is 0.00869. The smallest absolute Gasteiger partial charge is 0.267 e. The molecule has 0 fully saturated rings. The number of aryl methyl sites for hydroxylation is 1. The molecule has 8 heteroatoms. The van der Waals surface area contributed by atoms with Crippen molar-refractivity contribution in [1.82, 2.24) is 9.55 Å². The summed E-state index contributed by atoms with van der Waals surface area (Å²) in [7, 11) is 0. The molecule has 0 radical (unpaired) electrons. The summed E-state index contributed by atoms with van der Waals surface area (Å²) in [6, 6.07) is 13.2. The number of aromatic nitrogens is 2. The summed E-state index contributed by atoms with van der Waals surface area (Å²) in [5.41, 5.74) is 1.83. The molecule has 1 atom stereocenters. The number of ketones is 1. The summed E-state index contributed by atoms with van der Waals surface area (Å²) in [5, 5.41) is 20.6. The molecular formula is C25H22N2O4S2. The van der Waals surface area contributed by atoms with Crippen LogP contribution < -0.4 is 5.56 Å². The Bertz CT molecular complexity index is 1430. The van der Waals surface area contributed by atoms with Crippen molar-refractivity contribution in [3.8, 4) is 17.2 Å². The van der Waals surface area contributed by atoms with Crippen LogP contribution in [-0.2, 0) is 12.8 Å². The third-order valence-corrected chi connectivity index (χ3v) is 8.01. The highest BCUT2D eigenvalue weighted by Crippen LogP contribution is 2.37. The number of hydrogen-bond donors (Lipinski definition) is 2. The fraction of sp³-hybridized carbons (Fsp3) is 0.240. The van der Waals surface area contributed by atoms with Gasteiger partial charge in [-0.05, 0) is 55.0 Å². The van der Waals surface area contributed by atoms with Crippen LogP contribution in [0.2, 0.25) is 0 Å². The topological polar surface area (TPSA) is 92.4 Å². The number of carbonyl (C=O) groups is 1. The van der Waals surface area contributed by atoms with Crippen molar-refractivity contribution in [2.24, 2.45) is 5.92 Å². The first-order chi connectivity index (χ1) is 15.9. The molecule has 168 valence electrons. The van der Waals surface area contributed by atoms with Crippen molar-refractivity contribution < 1.29 is 15.0 Å². The van der Waals surface area contributed by atoms with Gasteiger partial charge in [-0.1, -0.05) is 36.9 Å². The van der Waals surface area contributed by atoms with Gasteiger partial charge in [0.05, 0.1) is 22.4 Å². The van der Waals surface area contributed by atoms with E-state index in [1.807, 2.05) is 30.3 Å². The van der Waals surface area contributed by atoms with Crippen LogP contribution in [0.25, 0.3) is 15.9 Å². The van der Waals surface area contributed by atoms with Crippen LogP contribution in [0.5, 0.6) is 11.5 Å². The molecule has 5 rings (SSSR count). The molecule has 2 aromatic heterocycles. The maximum atomic E-state index is 13.7. The van der Waals surface area contributed by atoms with Crippen molar-refractivity contribution in [3.05, 3.63) is 74.9 Å². The van der Waals surface area contributed by atoms with E-state index in [1.165, 1.54) is 28.8 Å². The quantitative estimate of drug-likeness (QED) is 0.239. The molecule has 1 aliphatic carbocycles. The highest BCUT2D eigenvalue weighted by molar-refractivity contribution is 7.99. The summed E-state index contributed by atoms with van der Waals surface area (Å²) in [4.78, 5) is 33.3. The van der Waals surface area contributed by atoms with E-state index in [2.05, 4.69) is 6.92 Å².